The number of carbonyl (C=O) groups excluding carboxylic acids is 1. The van der Waals surface area contributed by atoms with Gasteiger partial charge < -0.3 is 10.1 Å². The lowest BCUT2D eigenvalue weighted by atomic mass is 10.1. The van der Waals surface area contributed by atoms with Crippen molar-refractivity contribution in [3.8, 4) is 0 Å². The van der Waals surface area contributed by atoms with Crippen LogP contribution >= 0.6 is 0 Å². The normalized spacial score (nSPS) is 19.1. The average Bonchev–Trinajstić information content (AvgIpc) is 2.94. The Balaban J connectivity index is 1.97. The van der Waals surface area contributed by atoms with Crippen molar-refractivity contribution in [2.45, 2.75) is 13.3 Å². The summed E-state index contributed by atoms with van der Waals surface area (Å²) in [6, 6.07) is 3.34. The molecule has 7 nitrogen and oxygen atoms in total. The van der Waals surface area contributed by atoms with Crippen LogP contribution in [0.5, 0.6) is 0 Å². The molecule has 22 heavy (non-hydrogen) atoms. The Morgan fingerprint density at radius 3 is 2.95 bits per heavy atom. The molecule has 2 rings (SSSR count). The van der Waals surface area contributed by atoms with Gasteiger partial charge in [0.25, 0.3) is 0 Å². The summed E-state index contributed by atoms with van der Waals surface area (Å²) in [6.45, 7) is 3.65. The summed E-state index contributed by atoms with van der Waals surface area (Å²) in [5, 5.41) is 3.13. The molecule has 0 radical (unpaired) electrons. The molecule has 0 spiro atoms. The lowest BCUT2D eigenvalue weighted by molar-refractivity contribution is 0.0527. The Bertz CT molecular complexity index is 633. The highest BCUT2D eigenvalue weighted by Gasteiger charge is 2.28. The SMILES string of the molecule is CCOC(=O)c1cccnc1NCC1CCN(S(C)(=O)=O)C1. The Kier molecular flexibility index (Phi) is 5.36. The van der Waals surface area contributed by atoms with Crippen molar-refractivity contribution < 1.29 is 17.9 Å². The Morgan fingerprint density at radius 1 is 1.55 bits per heavy atom. The lowest BCUT2D eigenvalue weighted by Gasteiger charge is -2.15. The van der Waals surface area contributed by atoms with Crippen LogP contribution in [0.15, 0.2) is 18.3 Å². The highest BCUT2D eigenvalue weighted by atomic mass is 32.2. The van der Waals surface area contributed by atoms with E-state index in [4.69, 9.17) is 4.74 Å². The summed E-state index contributed by atoms with van der Waals surface area (Å²) in [6.07, 6.45) is 3.62. The van der Waals surface area contributed by atoms with Crippen LogP contribution in [0.4, 0.5) is 5.82 Å². The Labute approximate surface area is 130 Å². The van der Waals surface area contributed by atoms with E-state index in [9.17, 15) is 13.2 Å². The quantitative estimate of drug-likeness (QED) is 0.783. The first kappa shape index (κ1) is 16.7. The summed E-state index contributed by atoms with van der Waals surface area (Å²) >= 11 is 0. The van der Waals surface area contributed by atoms with Gasteiger partial charge in [0.05, 0.1) is 12.9 Å². The number of rotatable bonds is 6. The fourth-order valence-corrected chi connectivity index (χ4v) is 3.34. The number of ether oxygens (including phenoxy) is 1. The van der Waals surface area contributed by atoms with Gasteiger partial charge in [0.2, 0.25) is 10.0 Å². The van der Waals surface area contributed by atoms with Crippen LogP contribution in [-0.4, -0.2) is 56.2 Å². The molecule has 0 aliphatic carbocycles. The zero-order valence-electron chi connectivity index (χ0n) is 12.8. The fourth-order valence-electron chi connectivity index (χ4n) is 2.43. The van der Waals surface area contributed by atoms with Crippen molar-refractivity contribution in [3.63, 3.8) is 0 Å². The third kappa shape index (κ3) is 4.17. The number of pyridine rings is 1. The lowest BCUT2D eigenvalue weighted by Crippen LogP contribution is -2.28. The van der Waals surface area contributed by atoms with Gasteiger partial charge in [-0.25, -0.2) is 22.5 Å². The molecule has 8 heteroatoms. The number of anilines is 1. The van der Waals surface area contributed by atoms with Crippen LogP contribution in [-0.2, 0) is 14.8 Å². The van der Waals surface area contributed by atoms with Crippen LogP contribution in [0.25, 0.3) is 0 Å². The molecule has 1 aliphatic rings. The summed E-state index contributed by atoms with van der Waals surface area (Å²) in [7, 11) is -3.13. The summed E-state index contributed by atoms with van der Waals surface area (Å²) in [5.41, 5.74) is 0.391. The van der Waals surface area contributed by atoms with Crippen LogP contribution in [0, 0.1) is 5.92 Å². The van der Waals surface area contributed by atoms with Crippen molar-refractivity contribution in [1.29, 1.82) is 0 Å². The fraction of sp³-hybridized carbons (Fsp3) is 0.571. The third-order valence-corrected chi connectivity index (χ3v) is 4.85. The van der Waals surface area contributed by atoms with Crippen molar-refractivity contribution in [3.05, 3.63) is 23.9 Å². The first-order valence-electron chi connectivity index (χ1n) is 7.23. The second-order valence-electron chi connectivity index (χ2n) is 5.28. The molecular weight excluding hydrogens is 306 g/mol. The van der Waals surface area contributed by atoms with Gasteiger partial charge in [-0.3, -0.25) is 0 Å². The second-order valence-corrected chi connectivity index (χ2v) is 7.26. The molecule has 1 unspecified atom stereocenters. The van der Waals surface area contributed by atoms with Crippen molar-refractivity contribution in [1.82, 2.24) is 9.29 Å². The van der Waals surface area contributed by atoms with Gasteiger partial charge in [-0.05, 0) is 31.4 Å². The minimum atomic E-state index is -3.13. The molecule has 0 amide bonds. The number of sulfonamides is 1. The number of nitrogens with one attached hydrogen (secondary N) is 1. The van der Waals surface area contributed by atoms with E-state index in [1.807, 2.05) is 0 Å². The van der Waals surface area contributed by atoms with E-state index in [2.05, 4.69) is 10.3 Å². The van der Waals surface area contributed by atoms with E-state index in [1.54, 1.807) is 25.3 Å². The van der Waals surface area contributed by atoms with Gasteiger partial charge in [0, 0.05) is 25.8 Å². The molecular formula is C14H21N3O4S. The molecule has 1 aromatic heterocycles. The van der Waals surface area contributed by atoms with E-state index < -0.39 is 16.0 Å². The van der Waals surface area contributed by atoms with Crippen LogP contribution in [0.3, 0.4) is 0 Å². The van der Waals surface area contributed by atoms with Gasteiger partial charge >= 0.3 is 5.97 Å². The van der Waals surface area contributed by atoms with E-state index in [0.29, 0.717) is 37.6 Å². The van der Waals surface area contributed by atoms with E-state index in [-0.39, 0.29) is 5.92 Å². The number of esters is 1. The molecule has 1 aromatic rings. The maximum absolute atomic E-state index is 11.9. The predicted octanol–water partition coefficient (Wildman–Crippen LogP) is 0.952. The largest absolute Gasteiger partial charge is 0.462 e. The van der Waals surface area contributed by atoms with E-state index in [0.717, 1.165) is 6.42 Å². The monoisotopic (exact) mass is 327 g/mol. The topological polar surface area (TPSA) is 88.6 Å². The molecule has 0 bridgehead atoms. The van der Waals surface area contributed by atoms with Gasteiger partial charge in [0.1, 0.15) is 11.4 Å². The molecule has 1 saturated heterocycles. The zero-order valence-corrected chi connectivity index (χ0v) is 13.6. The molecule has 0 saturated carbocycles. The van der Waals surface area contributed by atoms with Crippen LogP contribution < -0.4 is 5.32 Å². The van der Waals surface area contributed by atoms with Gasteiger partial charge in [-0.2, -0.15) is 0 Å². The smallest absolute Gasteiger partial charge is 0.341 e. The number of aromatic nitrogens is 1. The minimum Gasteiger partial charge on any atom is -0.462 e. The number of hydrogen-bond donors (Lipinski definition) is 1. The Morgan fingerprint density at radius 2 is 2.32 bits per heavy atom. The molecule has 1 atom stereocenters. The molecule has 2 heterocycles. The van der Waals surface area contributed by atoms with Gasteiger partial charge in [-0.15, -0.1) is 0 Å². The highest BCUT2D eigenvalue weighted by molar-refractivity contribution is 7.88. The van der Waals surface area contributed by atoms with Crippen LogP contribution in [0.2, 0.25) is 0 Å². The molecule has 0 aromatic carbocycles. The predicted molar refractivity (Wildman–Crippen MR) is 83.2 cm³/mol. The second kappa shape index (κ2) is 7.06. The molecule has 1 fully saturated rings. The zero-order chi connectivity index (χ0) is 16.2. The molecule has 1 N–H and O–H groups in total. The summed E-state index contributed by atoms with van der Waals surface area (Å²) in [5.74, 6) is 0.257. The maximum Gasteiger partial charge on any atom is 0.341 e. The number of carbonyl (C=O) groups is 1. The summed E-state index contributed by atoms with van der Waals surface area (Å²) in [4.78, 5) is 16.0. The summed E-state index contributed by atoms with van der Waals surface area (Å²) < 4.78 is 29.5. The first-order chi connectivity index (χ1) is 10.4. The van der Waals surface area contributed by atoms with E-state index >= 15 is 0 Å². The van der Waals surface area contributed by atoms with E-state index in [1.165, 1.54) is 10.6 Å². The third-order valence-electron chi connectivity index (χ3n) is 3.58. The number of nitrogens with zero attached hydrogens (tertiary/aromatic N) is 2. The van der Waals surface area contributed by atoms with Gasteiger partial charge in [0.15, 0.2) is 0 Å². The van der Waals surface area contributed by atoms with Crippen molar-refractivity contribution in [2.24, 2.45) is 5.92 Å². The Hall–Kier alpha value is -1.67. The van der Waals surface area contributed by atoms with Crippen molar-refractivity contribution in [2.75, 3.05) is 37.8 Å². The number of hydrogen-bond acceptors (Lipinski definition) is 6. The maximum atomic E-state index is 11.9. The average molecular weight is 327 g/mol. The van der Waals surface area contributed by atoms with Crippen LogP contribution in [0.1, 0.15) is 23.7 Å². The van der Waals surface area contributed by atoms with Crippen molar-refractivity contribution >= 4 is 21.8 Å². The minimum absolute atomic E-state index is 0.201. The molecule has 122 valence electrons. The molecule has 1 aliphatic heterocycles. The first-order valence-corrected chi connectivity index (χ1v) is 9.07. The van der Waals surface area contributed by atoms with Gasteiger partial charge in [-0.1, -0.05) is 0 Å². The highest BCUT2D eigenvalue weighted by Crippen LogP contribution is 2.20. The standard InChI is InChI=1S/C14H21N3O4S/c1-3-21-14(18)12-5-4-7-15-13(12)16-9-11-6-8-17(10-11)22(2,19)20/h4-5,7,11H,3,6,8-10H2,1-2H3,(H,15,16).